The molecule has 3 rings (SSSR count). The molecule has 0 fully saturated rings. The molecule has 96 valence electrons. The van der Waals surface area contributed by atoms with E-state index in [1.165, 1.54) is 6.07 Å². The van der Waals surface area contributed by atoms with Gasteiger partial charge in [-0.25, -0.2) is 4.39 Å². The van der Waals surface area contributed by atoms with Crippen molar-refractivity contribution in [1.82, 2.24) is 14.6 Å². The summed E-state index contributed by atoms with van der Waals surface area (Å²) in [7, 11) is 1.55. The molecule has 0 bridgehead atoms. The fraction of sp³-hybridized carbons (Fsp3) is 0.143. The van der Waals surface area contributed by atoms with Crippen molar-refractivity contribution in [3.63, 3.8) is 0 Å². The van der Waals surface area contributed by atoms with Gasteiger partial charge >= 0.3 is 0 Å². The molecule has 5 heteroatoms. The van der Waals surface area contributed by atoms with Gasteiger partial charge in [-0.1, -0.05) is 18.2 Å². The highest BCUT2D eigenvalue weighted by atomic mass is 19.1. The number of rotatable bonds is 2. The van der Waals surface area contributed by atoms with Gasteiger partial charge in [0, 0.05) is 17.3 Å². The van der Waals surface area contributed by atoms with Gasteiger partial charge in [0.1, 0.15) is 11.6 Å². The molecule has 0 atom stereocenters. The summed E-state index contributed by atoms with van der Waals surface area (Å²) in [6.45, 7) is 1.85. The normalized spacial score (nSPS) is 10.9. The Bertz CT molecular complexity index is 752. The van der Waals surface area contributed by atoms with Gasteiger partial charge in [0.25, 0.3) is 0 Å². The third-order valence-electron chi connectivity index (χ3n) is 3.07. The predicted molar refractivity (Wildman–Crippen MR) is 69.7 cm³/mol. The molecule has 1 aromatic carbocycles. The van der Waals surface area contributed by atoms with Crippen LogP contribution in [0.4, 0.5) is 4.39 Å². The summed E-state index contributed by atoms with van der Waals surface area (Å²) in [4.78, 5) is 0. The van der Waals surface area contributed by atoms with Gasteiger partial charge in [-0.2, -0.15) is 0 Å². The average molecular weight is 257 g/mol. The maximum Gasteiger partial charge on any atom is 0.203 e. The molecule has 2 aromatic heterocycles. The first-order chi connectivity index (χ1) is 9.22. The van der Waals surface area contributed by atoms with E-state index in [-0.39, 0.29) is 5.82 Å². The lowest BCUT2D eigenvalue weighted by molar-refractivity contribution is 0.418. The first kappa shape index (κ1) is 11.6. The third-order valence-corrected chi connectivity index (χ3v) is 3.07. The maximum atomic E-state index is 13.9. The molecule has 0 unspecified atom stereocenters. The van der Waals surface area contributed by atoms with E-state index in [1.54, 1.807) is 31.4 Å². The van der Waals surface area contributed by atoms with Crippen LogP contribution in [0.1, 0.15) is 5.82 Å². The second kappa shape index (κ2) is 4.35. The number of hydrogen-bond donors (Lipinski definition) is 0. The number of hydrogen-bond acceptors (Lipinski definition) is 3. The predicted octanol–water partition coefficient (Wildman–Crippen LogP) is 2.85. The van der Waals surface area contributed by atoms with E-state index in [4.69, 9.17) is 4.74 Å². The van der Waals surface area contributed by atoms with Gasteiger partial charge in [0.05, 0.1) is 7.11 Å². The van der Waals surface area contributed by atoms with Crippen LogP contribution in [0.5, 0.6) is 5.75 Å². The van der Waals surface area contributed by atoms with Crippen LogP contribution in [-0.2, 0) is 0 Å². The van der Waals surface area contributed by atoms with Crippen LogP contribution in [0.2, 0.25) is 0 Å². The number of ether oxygens (including phenoxy) is 1. The highest BCUT2D eigenvalue weighted by molar-refractivity contribution is 5.77. The van der Waals surface area contributed by atoms with Crippen molar-refractivity contribution in [3.8, 4) is 16.9 Å². The Balaban J connectivity index is 2.33. The third kappa shape index (κ3) is 1.74. The van der Waals surface area contributed by atoms with Gasteiger partial charge in [-0.15, -0.1) is 10.2 Å². The Morgan fingerprint density at radius 2 is 1.89 bits per heavy atom. The van der Waals surface area contributed by atoms with Crippen molar-refractivity contribution < 1.29 is 9.13 Å². The van der Waals surface area contributed by atoms with Crippen molar-refractivity contribution in [1.29, 1.82) is 0 Å². The summed E-state index contributed by atoms with van der Waals surface area (Å²) in [5, 5.41) is 8.07. The molecule has 0 aliphatic carbocycles. The van der Waals surface area contributed by atoms with Gasteiger partial charge in [-0.05, 0) is 19.1 Å². The molecule has 0 spiro atoms. The minimum atomic E-state index is -0.290. The minimum Gasteiger partial charge on any atom is -0.492 e. The van der Waals surface area contributed by atoms with E-state index in [0.29, 0.717) is 22.5 Å². The Morgan fingerprint density at radius 1 is 1.11 bits per heavy atom. The molecule has 0 saturated carbocycles. The summed E-state index contributed by atoms with van der Waals surface area (Å²) in [5.74, 6) is 0.989. The van der Waals surface area contributed by atoms with Crippen molar-refractivity contribution in [2.75, 3.05) is 7.11 Å². The SMILES string of the molecule is COc1c(-c2ccccc2F)ccn2c(C)nnc12. The Labute approximate surface area is 109 Å². The summed E-state index contributed by atoms with van der Waals surface area (Å²) in [6.07, 6.45) is 1.81. The number of aryl methyl sites for hydroxylation is 1. The number of benzene rings is 1. The average Bonchev–Trinajstić information content (AvgIpc) is 2.80. The van der Waals surface area contributed by atoms with Crippen LogP contribution in [-0.4, -0.2) is 21.7 Å². The molecular weight excluding hydrogens is 245 g/mol. The number of halogens is 1. The topological polar surface area (TPSA) is 39.4 Å². The first-order valence-corrected chi connectivity index (χ1v) is 5.85. The molecule has 0 saturated heterocycles. The van der Waals surface area contributed by atoms with Crippen molar-refractivity contribution in [2.45, 2.75) is 6.92 Å². The van der Waals surface area contributed by atoms with Gasteiger partial charge < -0.3 is 4.74 Å². The molecule has 4 nitrogen and oxygen atoms in total. The number of fused-ring (bicyclic) bond motifs is 1. The first-order valence-electron chi connectivity index (χ1n) is 5.85. The molecule has 2 heterocycles. The van der Waals surface area contributed by atoms with Gasteiger partial charge in [-0.3, -0.25) is 4.40 Å². The zero-order valence-corrected chi connectivity index (χ0v) is 10.6. The molecule has 0 aliphatic rings. The quantitative estimate of drug-likeness (QED) is 0.708. The van der Waals surface area contributed by atoms with Crippen LogP contribution in [0.15, 0.2) is 36.5 Å². The maximum absolute atomic E-state index is 13.9. The lowest BCUT2D eigenvalue weighted by Crippen LogP contribution is -1.96. The number of methoxy groups -OCH3 is 1. The standard InChI is InChI=1S/C14H12FN3O/c1-9-16-17-14-13(19-2)11(7-8-18(9)14)10-5-3-4-6-12(10)15/h3-8H,1-2H3. The monoisotopic (exact) mass is 257 g/mol. The van der Waals surface area contributed by atoms with E-state index >= 15 is 0 Å². The zero-order valence-electron chi connectivity index (χ0n) is 10.6. The number of aromatic nitrogens is 3. The molecule has 0 N–H and O–H groups in total. The largest absolute Gasteiger partial charge is 0.492 e. The van der Waals surface area contributed by atoms with E-state index in [0.717, 1.165) is 5.82 Å². The second-order valence-electron chi connectivity index (χ2n) is 4.18. The summed E-state index contributed by atoms with van der Waals surface area (Å²) in [5.41, 5.74) is 1.74. The van der Waals surface area contributed by atoms with Crippen molar-refractivity contribution in [3.05, 3.63) is 48.2 Å². The fourth-order valence-electron chi connectivity index (χ4n) is 2.14. The van der Waals surface area contributed by atoms with Gasteiger partial charge in [0.15, 0.2) is 5.75 Å². The molecule has 0 radical (unpaired) electrons. The lowest BCUT2D eigenvalue weighted by Gasteiger charge is -2.10. The van der Waals surface area contributed by atoms with Crippen molar-refractivity contribution in [2.24, 2.45) is 0 Å². The van der Waals surface area contributed by atoms with Crippen molar-refractivity contribution >= 4 is 5.65 Å². The Hall–Kier alpha value is -2.43. The highest BCUT2D eigenvalue weighted by Crippen LogP contribution is 2.34. The summed E-state index contributed by atoms with van der Waals surface area (Å²) >= 11 is 0. The second-order valence-corrected chi connectivity index (χ2v) is 4.18. The molecule has 19 heavy (non-hydrogen) atoms. The molecular formula is C14H12FN3O. The van der Waals surface area contributed by atoms with Gasteiger partial charge in [0.2, 0.25) is 5.65 Å². The van der Waals surface area contributed by atoms with E-state index < -0.39 is 0 Å². The van der Waals surface area contributed by atoms with E-state index in [1.807, 2.05) is 17.5 Å². The minimum absolute atomic E-state index is 0.290. The summed E-state index contributed by atoms with van der Waals surface area (Å²) < 4.78 is 21.1. The van der Waals surface area contributed by atoms with E-state index in [2.05, 4.69) is 10.2 Å². The fourth-order valence-corrected chi connectivity index (χ4v) is 2.14. The lowest BCUT2D eigenvalue weighted by atomic mass is 10.1. The molecule has 3 aromatic rings. The number of nitrogens with zero attached hydrogens (tertiary/aromatic N) is 3. The van der Waals surface area contributed by atoms with Crippen LogP contribution in [0.3, 0.4) is 0 Å². The van der Waals surface area contributed by atoms with E-state index in [9.17, 15) is 4.39 Å². The Morgan fingerprint density at radius 3 is 2.63 bits per heavy atom. The smallest absolute Gasteiger partial charge is 0.203 e. The molecule has 0 amide bonds. The molecule has 0 aliphatic heterocycles. The number of pyridine rings is 1. The van der Waals surface area contributed by atoms with Crippen LogP contribution < -0.4 is 4.74 Å². The van der Waals surface area contributed by atoms with Crippen LogP contribution in [0.25, 0.3) is 16.8 Å². The summed E-state index contributed by atoms with van der Waals surface area (Å²) in [6, 6.07) is 8.39. The Kier molecular flexibility index (Phi) is 2.67. The highest BCUT2D eigenvalue weighted by Gasteiger charge is 2.15. The van der Waals surface area contributed by atoms with Crippen LogP contribution >= 0.6 is 0 Å². The zero-order chi connectivity index (χ0) is 13.4. The van der Waals surface area contributed by atoms with Crippen LogP contribution in [0, 0.1) is 12.7 Å².